The molecule has 2 unspecified atom stereocenters. The van der Waals surface area contributed by atoms with Gasteiger partial charge in [-0.1, -0.05) is 133 Å². The maximum Gasteiger partial charge on any atom is 0.0541 e. The summed E-state index contributed by atoms with van der Waals surface area (Å²) in [7, 11) is 0. The van der Waals surface area contributed by atoms with Gasteiger partial charge in [0.2, 0.25) is 0 Å². The van der Waals surface area contributed by atoms with E-state index in [1.54, 1.807) is 0 Å². The normalized spacial score (nSPS) is 15.5. The summed E-state index contributed by atoms with van der Waals surface area (Å²) in [6, 6.07) is 74.9. The summed E-state index contributed by atoms with van der Waals surface area (Å²) < 4.78 is 7.47. The van der Waals surface area contributed by atoms with Crippen LogP contribution >= 0.6 is 0 Å². The van der Waals surface area contributed by atoms with Crippen molar-refractivity contribution in [3.05, 3.63) is 234 Å². The summed E-state index contributed by atoms with van der Waals surface area (Å²) in [4.78, 5) is 0. The van der Waals surface area contributed by atoms with Gasteiger partial charge < -0.3 is 13.7 Å². The van der Waals surface area contributed by atoms with Crippen LogP contribution in [0.25, 0.3) is 82.5 Å². The first-order valence-electron chi connectivity index (χ1n) is 20.7. The molecule has 0 saturated heterocycles. The average molecular weight is 750 g/mol. The number of fused-ring (bicyclic) bond motifs is 9. The van der Waals surface area contributed by atoms with Crippen molar-refractivity contribution in [3.63, 3.8) is 0 Å². The Bertz CT molecular complexity index is 3600. The molecule has 9 aromatic carbocycles. The molecule has 3 aliphatic rings. The molecule has 3 aliphatic carbocycles. The van der Waals surface area contributed by atoms with E-state index < -0.39 is 0 Å². The van der Waals surface area contributed by atoms with Crippen LogP contribution < -0.4 is 0 Å². The zero-order valence-electron chi connectivity index (χ0n) is 32.0. The van der Waals surface area contributed by atoms with Crippen molar-refractivity contribution in [2.45, 2.75) is 11.8 Å². The van der Waals surface area contributed by atoms with Gasteiger partial charge in [-0.25, -0.2) is 0 Å². The largest absolute Gasteiger partial charge is 0.309 e. The minimum absolute atomic E-state index is 0.0383. The minimum Gasteiger partial charge on any atom is -0.309 e. The first-order chi connectivity index (χ1) is 29.3. The Labute approximate surface area is 340 Å². The Morgan fingerprint density at radius 2 is 0.610 bits per heavy atom. The Kier molecular flexibility index (Phi) is 6.13. The van der Waals surface area contributed by atoms with E-state index in [2.05, 4.69) is 214 Å². The molecule has 0 aliphatic heterocycles. The molecular formula is C56H35N3. The summed E-state index contributed by atoms with van der Waals surface area (Å²) >= 11 is 0. The molecule has 0 amide bonds. The fraction of sp³-hybridized carbons (Fsp3) is 0.0357. The minimum atomic E-state index is 0.0383. The van der Waals surface area contributed by atoms with Crippen LogP contribution in [0.3, 0.4) is 0 Å². The summed E-state index contributed by atoms with van der Waals surface area (Å²) in [5, 5.41) is 7.70. The van der Waals surface area contributed by atoms with Gasteiger partial charge in [-0.05, 0) is 100 Å². The molecule has 0 spiro atoms. The van der Waals surface area contributed by atoms with Crippen molar-refractivity contribution in [2.75, 3.05) is 0 Å². The van der Waals surface area contributed by atoms with Crippen LogP contribution in [-0.4, -0.2) is 13.7 Å². The smallest absolute Gasteiger partial charge is 0.0541 e. The van der Waals surface area contributed by atoms with Crippen molar-refractivity contribution >= 4 is 65.4 Å². The lowest BCUT2D eigenvalue weighted by Crippen LogP contribution is -2.29. The topological polar surface area (TPSA) is 14.8 Å². The molecule has 274 valence electrons. The number of hydrogen-bond acceptors (Lipinski definition) is 0. The Morgan fingerprint density at radius 3 is 1.03 bits per heavy atom. The van der Waals surface area contributed by atoms with E-state index in [4.69, 9.17) is 0 Å². The number of rotatable bonds is 3. The van der Waals surface area contributed by atoms with Gasteiger partial charge in [-0.2, -0.15) is 0 Å². The highest BCUT2D eigenvalue weighted by Gasteiger charge is 2.43. The van der Waals surface area contributed by atoms with E-state index in [-0.39, 0.29) is 11.8 Å². The van der Waals surface area contributed by atoms with E-state index in [9.17, 15) is 0 Å². The quantitative estimate of drug-likeness (QED) is 0.171. The molecule has 3 heterocycles. The maximum absolute atomic E-state index is 2.53. The van der Waals surface area contributed by atoms with Gasteiger partial charge in [0.15, 0.2) is 0 Å². The zero-order valence-corrected chi connectivity index (χ0v) is 32.0. The number of aromatic nitrogens is 3. The first-order valence-corrected chi connectivity index (χ1v) is 20.7. The van der Waals surface area contributed by atoms with Crippen molar-refractivity contribution in [2.24, 2.45) is 0 Å². The Morgan fingerprint density at radius 1 is 0.254 bits per heavy atom. The van der Waals surface area contributed by atoms with Gasteiger partial charge in [0, 0.05) is 55.5 Å². The third-order valence-electron chi connectivity index (χ3n) is 13.6. The van der Waals surface area contributed by atoms with E-state index in [0.717, 1.165) is 0 Å². The van der Waals surface area contributed by atoms with Gasteiger partial charge in [0.1, 0.15) is 0 Å². The van der Waals surface area contributed by atoms with Crippen LogP contribution in [0.2, 0.25) is 0 Å². The standard InChI is InChI=1S/C56H35N3/c1-7-21-47-36(14-1)37-15-2-8-22-48(37)57(47)34-29-31-43-45(32-34)54-42-30-28-35(58-49-23-9-3-16-38(49)39-17-4-10-24-50(39)58)33-46(42)55(43)56-44(54)20-13-27-53(56)59-51-25-11-5-18-40(51)41-19-6-12-26-52(41)59/h1-33,54-55H. The second-order valence-corrected chi connectivity index (χ2v) is 16.4. The van der Waals surface area contributed by atoms with Gasteiger partial charge in [-0.15, -0.1) is 0 Å². The van der Waals surface area contributed by atoms with Crippen LogP contribution in [0, 0.1) is 0 Å². The highest BCUT2D eigenvalue weighted by Crippen LogP contribution is 2.58. The number of para-hydroxylation sites is 6. The van der Waals surface area contributed by atoms with Crippen LogP contribution in [0.4, 0.5) is 0 Å². The SMILES string of the molecule is c1cc2c(c(-n3c4ccccc4c4ccccc43)c1)C1c3ccc(-n4c5ccccc5c5ccccc54)cc3C2c2ccc(-n3c4ccccc4c4ccccc43)cc21. The first kappa shape index (κ1) is 31.5. The Hall–Kier alpha value is -7.62. The average Bonchev–Trinajstić information content (AvgIpc) is 3.94. The monoisotopic (exact) mass is 749 g/mol. The Balaban J connectivity index is 1.05. The van der Waals surface area contributed by atoms with E-state index >= 15 is 0 Å². The van der Waals surface area contributed by atoms with E-state index in [0.29, 0.717) is 0 Å². The van der Waals surface area contributed by atoms with Gasteiger partial charge >= 0.3 is 0 Å². The lowest BCUT2D eigenvalue weighted by Gasteiger charge is -2.43. The van der Waals surface area contributed by atoms with E-state index in [1.807, 2.05) is 0 Å². The molecule has 3 heteroatoms. The molecule has 3 nitrogen and oxygen atoms in total. The third-order valence-corrected chi connectivity index (χ3v) is 13.6. The molecule has 59 heavy (non-hydrogen) atoms. The second-order valence-electron chi connectivity index (χ2n) is 16.4. The summed E-state index contributed by atoms with van der Waals surface area (Å²) in [6.07, 6.45) is 0. The predicted octanol–water partition coefficient (Wildman–Crippen LogP) is 14.0. The van der Waals surface area contributed by atoms with Gasteiger partial charge in [0.25, 0.3) is 0 Å². The lowest BCUT2D eigenvalue weighted by molar-refractivity contribution is 0.746. The molecule has 0 N–H and O–H groups in total. The zero-order chi connectivity index (χ0) is 38.3. The maximum atomic E-state index is 2.53. The molecule has 12 aromatic rings. The van der Waals surface area contributed by atoms with Crippen LogP contribution in [0.1, 0.15) is 45.2 Å². The van der Waals surface area contributed by atoms with E-state index in [1.165, 1.54) is 116 Å². The fourth-order valence-electron chi connectivity index (χ4n) is 11.3. The summed E-state index contributed by atoms with van der Waals surface area (Å²) in [5.74, 6) is 0.115. The summed E-state index contributed by atoms with van der Waals surface area (Å²) in [6.45, 7) is 0. The number of nitrogens with zero attached hydrogens (tertiary/aromatic N) is 3. The molecule has 2 bridgehead atoms. The number of benzene rings is 9. The van der Waals surface area contributed by atoms with Gasteiger partial charge in [0.05, 0.1) is 38.8 Å². The molecule has 0 radical (unpaired) electrons. The van der Waals surface area contributed by atoms with Crippen LogP contribution in [-0.2, 0) is 0 Å². The van der Waals surface area contributed by atoms with Crippen molar-refractivity contribution in [1.29, 1.82) is 0 Å². The predicted molar refractivity (Wildman–Crippen MR) is 244 cm³/mol. The molecule has 15 rings (SSSR count). The van der Waals surface area contributed by atoms with Crippen molar-refractivity contribution in [1.82, 2.24) is 13.7 Å². The molecule has 0 fully saturated rings. The second kappa shape index (κ2) is 11.5. The van der Waals surface area contributed by atoms with Crippen LogP contribution in [0.5, 0.6) is 0 Å². The number of hydrogen-bond donors (Lipinski definition) is 0. The highest BCUT2D eigenvalue weighted by molar-refractivity contribution is 6.11. The van der Waals surface area contributed by atoms with Crippen molar-refractivity contribution < 1.29 is 0 Å². The van der Waals surface area contributed by atoms with Crippen LogP contribution in [0.15, 0.2) is 200 Å². The van der Waals surface area contributed by atoms with Crippen molar-refractivity contribution in [3.8, 4) is 17.1 Å². The third kappa shape index (κ3) is 4.06. The molecule has 3 aromatic heterocycles. The lowest BCUT2D eigenvalue weighted by atomic mass is 9.60. The van der Waals surface area contributed by atoms with Gasteiger partial charge in [-0.3, -0.25) is 0 Å². The molecule has 0 saturated carbocycles. The fourth-order valence-corrected chi connectivity index (χ4v) is 11.3. The highest BCUT2D eigenvalue weighted by atomic mass is 15.0. The molecular weight excluding hydrogens is 715 g/mol. The summed E-state index contributed by atoms with van der Waals surface area (Å²) in [5.41, 5.74) is 19.5. The molecule has 2 atom stereocenters.